The van der Waals surface area contributed by atoms with Crippen molar-refractivity contribution in [1.29, 1.82) is 0 Å². The smallest absolute Gasteiger partial charge is 0.187 e. The summed E-state index contributed by atoms with van der Waals surface area (Å²) in [5.74, 6) is -0.0250. The van der Waals surface area contributed by atoms with Crippen LogP contribution in [0.15, 0.2) is 60.0 Å². The van der Waals surface area contributed by atoms with Gasteiger partial charge in [-0.05, 0) is 31.1 Å². The summed E-state index contributed by atoms with van der Waals surface area (Å²) in [4.78, 5) is 11.6. The van der Waals surface area contributed by atoms with Crippen LogP contribution in [0.1, 0.15) is 19.3 Å². The summed E-state index contributed by atoms with van der Waals surface area (Å²) in [6.07, 6.45) is 5.40. The van der Waals surface area contributed by atoms with E-state index in [0.717, 1.165) is 0 Å². The predicted molar refractivity (Wildman–Crippen MR) is 74.6 cm³/mol. The summed E-state index contributed by atoms with van der Waals surface area (Å²) < 4.78 is 24.6. The topological polar surface area (TPSA) is 51.2 Å². The zero-order valence-electron chi connectivity index (χ0n) is 10.6. The van der Waals surface area contributed by atoms with Gasteiger partial charge in [0.05, 0.1) is 9.64 Å². The third-order valence-electron chi connectivity index (χ3n) is 3.45. The molecule has 0 radical (unpaired) electrons. The first-order valence-electron chi connectivity index (χ1n) is 6.14. The number of carbonyl (C=O) groups is 1. The summed E-state index contributed by atoms with van der Waals surface area (Å²) in [5, 5.41) is 0. The normalized spacial score (nSPS) is 23.3. The van der Waals surface area contributed by atoms with Crippen molar-refractivity contribution in [3.8, 4) is 0 Å². The van der Waals surface area contributed by atoms with Gasteiger partial charge in [0.15, 0.2) is 15.6 Å². The standard InChI is InChI=1S/C15H16O3S/c1-2-10-15(11-8-13(16)9-12-15)19(17,18)14-6-4-3-5-7-14/h2-8,11H,1,9-10,12H2. The average Bonchev–Trinajstić information content (AvgIpc) is 2.42. The molecule has 19 heavy (non-hydrogen) atoms. The minimum absolute atomic E-state index is 0.0250. The van der Waals surface area contributed by atoms with E-state index >= 15 is 0 Å². The molecule has 2 rings (SSSR count). The third kappa shape index (κ3) is 2.40. The van der Waals surface area contributed by atoms with E-state index in [2.05, 4.69) is 6.58 Å². The number of benzene rings is 1. The van der Waals surface area contributed by atoms with Crippen molar-refractivity contribution in [2.75, 3.05) is 0 Å². The lowest BCUT2D eigenvalue weighted by atomic mass is 9.91. The summed E-state index contributed by atoms with van der Waals surface area (Å²) in [5.41, 5.74) is 0. The summed E-state index contributed by atoms with van der Waals surface area (Å²) in [6, 6.07) is 8.35. The molecule has 100 valence electrons. The quantitative estimate of drug-likeness (QED) is 0.794. The predicted octanol–water partition coefficient (Wildman–Crippen LogP) is 2.69. The van der Waals surface area contributed by atoms with Crippen molar-refractivity contribution in [3.05, 3.63) is 55.1 Å². The molecule has 1 aromatic rings. The molecular formula is C15H16O3S. The highest BCUT2D eigenvalue weighted by atomic mass is 32.2. The summed E-state index contributed by atoms with van der Waals surface area (Å²) in [6.45, 7) is 3.64. The first-order valence-corrected chi connectivity index (χ1v) is 7.63. The molecule has 1 aliphatic carbocycles. The number of allylic oxidation sites excluding steroid dienone is 2. The van der Waals surface area contributed by atoms with Gasteiger partial charge in [0.25, 0.3) is 0 Å². The van der Waals surface area contributed by atoms with Gasteiger partial charge in [-0.1, -0.05) is 30.4 Å². The van der Waals surface area contributed by atoms with Gasteiger partial charge in [0.2, 0.25) is 0 Å². The zero-order valence-corrected chi connectivity index (χ0v) is 11.4. The maximum Gasteiger partial charge on any atom is 0.187 e. The largest absolute Gasteiger partial charge is 0.295 e. The van der Waals surface area contributed by atoms with Crippen LogP contribution < -0.4 is 0 Å². The maximum absolute atomic E-state index is 12.8. The van der Waals surface area contributed by atoms with E-state index in [0.29, 0.717) is 12.8 Å². The second-order valence-electron chi connectivity index (χ2n) is 4.67. The maximum atomic E-state index is 12.8. The molecule has 4 heteroatoms. The van der Waals surface area contributed by atoms with Crippen LogP contribution in [0.25, 0.3) is 0 Å². The van der Waals surface area contributed by atoms with Crippen LogP contribution in [0.2, 0.25) is 0 Å². The SMILES string of the molecule is C=CCC1(S(=O)(=O)c2ccccc2)C=CC(=O)CC1. The molecule has 0 saturated heterocycles. The molecule has 0 aliphatic heterocycles. The van der Waals surface area contributed by atoms with Crippen LogP contribution in [-0.4, -0.2) is 18.9 Å². The Hall–Kier alpha value is -1.68. The lowest BCUT2D eigenvalue weighted by Gasteiger charge is -2.31. The Labute approximate surface area is 113 Å². The highest BCUT2D eigenvalue weighted by Crippen LogP contribution is 2.37. The first kappa shape index (κ1) is 13.7. The van der Waals surface area contributed by atoms with Gasteiger partial charge in [-0.15, -0.1) is 6.58 Å². The van der Waals surface area contributed by atoms with Gasteiger partial charge < -0.3 is 0 Å². The van der Waals surface area contributed by atoms with E-state index in [9.17, 15) is 13.2 Å². The minimum atomic E-state index is -3.52. The fourth-order valence-electron chi connectivity index (χ4n) is 2.33. The number of rotatable bonds is 4. The van der Waals surface area contributed by atoms with Crippen molar-refractivity contribution in [3.63, 3.8) is 0 Å². The monoisotopic (exact) mass is 276 g/mol. The Morgan fingerprint density at radius 2 is 1.95 bits per heavy atom. The van der Waals surface area contributed by atoms with Gasteiger partial charge in [-0.2, -0.15) is 0 Å². The van der Waals surface area contributed by atoms with E-state index in [1.165, 1.54) is 12.2 Å². The van der Waals surface area contributed by atoms with Gasteiger partial charge in [0, 0.05) is 6.42 Å². The zero-order chi connectivity index (χ0) is 13.9. The lowest BCUT2D eigenvalue weighted by Crippen LogP contribution is -2.39. The molecule has 3 nitrogen and oxygen atoms in total. The second-order valence-corrected chi connectivity index (χ2v) is 6.97. The molecule has 0 bridgehead atoms. The minimum Gasteiger partial charge on any atom is -0.295 e. The van der Waals surface area contributed by atoms with Crippen molar-refractivity contribution in [2.24, 2.45) is 0 Å². The highest BCUT2D eigenvalue weighted by molar-refractivity contribution is 7.93. The van der Waals surface area contributed by atoms with Crippen molar-refractivity contribution in [2.45, 2.75) is 28.9 Å². The number of sulfone groups is 1. The molecule has 0 N–H and O–H groups in total. The fraction of sp³-hybridized carbons (Fsp3) is 0.267. The van der Waals surface area contributed by atoms with E-state index in [1.807, 2.05) is 0 Å². The highest BCUT2D eigenvalue weighted by Gasteiger charge is 2.43. The molecule has 0 saturated carbocycles. The summed E-state index contributed by atoms with van der Waals surface area (Å²) >= 11 is 0. The lowest BCUT2D eigenvalue weighted by molar-refractivity contribution is -0.115. The molecule has 0 heterocycles. The Bertz CT molecular complexity index is 614. The Morgan fingerprint density at radius 1 is 1.26 bits per heavy atom. The van der Waals surface area contributed by atoms with Crippen LogP contribution in [0.3, 0.4) is 0 Å². The van der Waals surface area contributed by atoms with Crippen molar-refractivity contribution in [1.82, 2.24) is 0 Å². The number of carbonyl (C=O) groups excluding carboxylic acids is 1. The molecule has 1 aliphatic rings. The second kappa shape index (κ2) is 5.13. The van der Waals surface area contributed by atoms with Gasteiger partial charge in [-0.25, -0.2) is 8.42 Å². The van der Waals surface area contributed by atoms with Crippen molar-refractivity contribution < 1.29 is 13.2 Å². The van der Waals surface area contributed by atoms with Crippen LogP contribution in [0.5, 0.6) is 0 Å². The molecule has 1 atom stereocenters. The van der Waals surface area contributed by atoms with E-state index in [1.54, 1.807) is 36.4 Å². The average molecular weight is 276 g/mol. The van der Waals surface area contributed by atoms with Crippen molar-refractivity contribution >= 4 is 15.6 Å². The van der Waals surface area contributed by atoms with Gasteiger partial charge in [0.1, 0.15) is 0 Å². The van der Waals surface area contributed by atoms with E-state index in [4.69, 9.17) is 0 Å². The Kier molecular flexibility index (Phi) is 3.71. The van der Waals surface area contributed by atoms with Crippen LogP contribution in [0.4, 0.5) is 0 Å². The molecule has 1 aromatic carbocycles. The molecule has 1 unspecified atom stereocenters. The fourth-order valence-corrected chi connectivity index (χ4v) is 4.27. The van der Waals surface area contributed by atoms with Crippen LogP contribution in [-0.2, 0) is 14.6 Å². The molecular weight excluding hydrogens is 260 g/mol. The number of hydrogen-bond acceptors (Lipinski definition) is 3. The third-order valence-corrected chi connectivity index (χ3v) is 5.92. The molecule has 0 amide bonds. The number of hydrogen-bond donors (Lipinski definition) is 0. The molecule has 0 aromatic heterocycles. The van der Waals surface area contributed by atoms with Gasteiger partial charge in [-0.3, -0.25) is 4.79 Å². The molecule has 0 fully saturated rings. The van der Waals surface area contributed by atoms with Crippen LogP contribution >= 0.6 is 0 Å². The van der Waals surface area contributed by atoms with Gasteiger partial charge >= 0.3 is 0 Å². The van der Waals surface area contributed by atoms with E-state index in [-0.39, 0.29) is 17.1 Å². The summed E-state index contributed by atoms with van der Waals surface area (Å²) in [7, 11) is -3.52. The van der Waals surface area contributed by atoms with E-state index < -0.39 is 14.6 Å². The first-order chi connectivity index (χ1) is 9.02. The van der Waals surface area contributed by atoms with Crippen LogP contribution in [0, 0.1) is 0 Å². The molecule has 0 spiro atoms. The number of ketones is 1. The Balaban J connectivity index is 2.54. The Morgan fingerprint density at radius 3 is 2.47 bits per heavy atom.